The molecule has 0 aromatic carbocycles. The highest BCUT2D eigenvalue weighted by molar-refractivity contribution is 5.79. The Bertz CT molecular complexity index is 262. The number of hydrogen-bond donors (Lipinski definition) is 0. The summed E-state index contributed by atoms with van der Waals surface area (Å²) in [4.78, 5) is 13.8. The molecule has 0 aliphatic rings. The van der Waals surface area contributed by atoms with Crippen molar-refractivity contribution in [3.63, 3.8) is 0 Å². The second-order valence-corrected chi connectivity index (χ2v) is 6.77. The van der Waals surface area contributed by atoms with Crippen LogP contribution in [-0.2, 0) is 9.53 Å². The molecule has 0 spiro atoms. The molecule has 0 unspecified atom stereocenters. The number of carbonyl (C=O) groups excluding carboxylic acids is 1. The second-order valence-electron chi connectivity index (χ2n) is 6.77. The molecule has 0 radical (unpaired) electrons. The molecule has 126 valence electrons. The van der Waals surface area contributed by atoms with Gasteiger partial charge in [-0.3, -0.25) is 9.69 Å². The summed E-state index contributed by atoms with van der Waals surface area (Å²) in [6.07, 6.45) is 13.0. The molecule has 0 aromatic heterocycles. The number of hydrogen-bond acceptors (Lipinski definition) is 3. The van der Waals surface area contributed by atoms with Gasteiger partial charge < -0.3 is 4.74 Å². The van der Waals surface area contributed by atoms with Crippen molar-refractivity contribution in [2.24, 2.45) is 0 Å². The Labute approximate surface area is 132 Å². The minimum Gasteiger partial charge on any atom is -0.464 e. The smallest absolute Gasteiger partial charge is 0.325 e. The van der Waals surface area contributed by atoms with E-state index in [0.29, 0.717) is 6.61 Å². The van der Waals surface area contributed by atoms with Gasteiger partial charge >= 0.3 is 5.97 Å². The van der Waals surface area contributed by atoms with Crippen molar-refractivity contribution in [1.82, 2.24) is 4.90 Å². The van der Waals surface area contributed by atoms with Crippen LogP contribution in [0.3, 0.4) is 0 Å². The van der Waals surface area contributed by atoms with Crippen LogP contribution in [0.2, 0.25) is 0 Å². The fourth-order valence-electron chi connectivity index (χ4n) is 2.11. The van der Waals surface area contributed by atoms with E-state index in [9.17, 15) is 4.79 Å². The van der Waals surface area contributed by atoms with Crippen molar-refractivity contribution >= 4 is 5.97 Å². The van der Waals surface area contributed by atoms with Crippen LogP contribution >= 0.6 is 0 Å². The Morgan fingerprint density at radius 2 is 1.29 bits per heavy atom. The van der Waals surface area contributed by atoms with Crippen LogP contribution < -0.4 is 0 Å². The summed E-state index contributed by atoms with van der Waals surface area (Å²) in [5.74, 6) is -0.122. The largest absolute Gasteiger partial charge is 0.464 e. The van der Waals surface area contributed by atoms with Crippen molar-refractivity contribution in [1.29, 1.82) is 0 Å². The molecule has 0 amide bonds. The summed E-state index contributed by atoms with van der Waals surface area (Å²) < 4.78 is 5.36. The van der Waals surface area contributed by atoms with E-state index in [1.165, 1.54) is 57.8 Å². The molecule has 21 heavy (non-hydrogen) atoms. The maximum atomic E-state index is 11.9. The minimum atomic E-state index is -0.529. The van der Waals surface area contributed by atoms with Gasteiger partial charge in [0, 0.05) is 0 Å². The van der Waals surface area contributed by atoms with Gasteiger partial charge in [-0.05, 0) is 34.4 Å². The lowest BCUT2D eigenvalue weighted by atomic mass is 10.1. The lowest BCUT2D eigenvalue weighted by Gasteiger charge is -2.29. The van der Waals surface area contributed by atoms with E-state index in [2.05, 4.69) is 6.92 Å². The maximum Gasteiger partial charge on any atom is 0.325 e. The van der Waals surface area contributed by atoms with Crippen LogP contribution in [-0.4, -0.2) is 37.1 Å². The highest BCUT2D eigenvalue weighted by Crippen LogP contribution is 2.13. The third-order valence-corrected chi connectivity index (χ3v) is 4.35. The van der Waals surface area contributed by atoms with Crippen molar-refractivity contribution in [2.45, 2.75) is 90.5 Å². The predicted octanol–water partition coefficient (Wildman–Crippen LogP) is 4.79. The number of nitrogens with zero attached hydrogens (tertiary/aromatic N) is 1. The summed E-state index contributed by atoms with van der Waals surface area (Å²) >= 11 is 0. The van der Waals surface area contributed by atoms with Crippen LogP contribution in [0.25, 0.3) is 0 Å². The molecule has 0 aliphatic carbocycles. The first-order chi connectivity index (χ1) is 9.92. The number of ether oxygens (including phenoxy) is 1. The zero-order valence-electron chi connectivity index (χ0n) is 15.0. The Hall–Kier alpha value is -0.570. The predicted molar refractivity (Wildman–Crippen MR) is 90.6 cm³/mol. The Kier molecular flexibility index (Phi) is 11.7. The van der Waals surface area contributed by atoms with Gasteiger partial charge in [0.2, 0.25) is 0 Å². The Morgan fingerprint density at radius 1 is 0.857 bits per heavy atom. The van der Waals surface area contributed by atoms with E-state index < -0.39 is 5.54 Å². The second kappa shape index (κ2) is 12.0. The van der Waals surface area contributed by atoms with Crippen molar-refractivity contribution in [2.75, 3.05) is 20.7 Å². The van der Waals surface area contributed by atoms with Gasteiger partial charge in [-0.1, -0.05) is 64.7 Å². The monoisotopic (exact) mass is 299 g/mol. The molecule has 0 saturated heterocycles. The number of carbonyl (C=O) groups is 1. The fraction of sp³-hybridized carbons (Fsp3) is 0.944. The van der Waals surface area contributed by atoms with Crippen LogP contribution in [0.5, 0.6) is 0 Å². The van der Waals surface area contributed by atoms with Gasteiger partial charge in [-0.2, -0.15) is 0 Å². The molecule has 0 atom stereocenters. The lowest BCUT2D eigenvalue weighted by molar-refractivity contribution is -0.154. The Morgan fingerprint density at radius 3 is 1.71 bits per heavy atom. The first-order valence-electron chi connectivity index (χ1n) is 8.77. The SMILES string of the molecule is CCCCCCCCCCCCOC(=O)C(C)(C)N(C)C. The lowest BCUT2D eigenvalue weighted by Crippen LogP contribution is -2.46. The standard InChI is InChI=1S/C18H37NO2/c1-6-7-8-9-10-11-12-13-14-15-16-21-17(20)18(2,3)19(4)5/h6-16H2,1-5H3. The maximum absolute atomic E-state index is 11.9. The third-order valence-electron chi connectivity index (χ3n) is 4.35. The van der Waals surface area contributed by atoms with Gasteiger partial charge in [0.05, 0.1) is 6.61 Å². The topological polar surface area (TPSA) is 29.5 Å². The molecule has 0 heterocycles. The van der Waals surface area contributed by atoms with E-state index in [4.69, 9.17) is 4.74 Å². The average Bonchev–Trinajstić information content (AvgIpc) is 2.44. The van der Waals surface area contributed by atoms with Crippen molar-refractivity contribution in [3.05, 3.63) is 0 Å². The van der Waals surface area contributed by atoms with Crippen LogP contribution in [0.15, 0.2) is 0 Å². The number of esters is 1. The van der Waals surface area contributed by atoms with Crippen LogP contribution in [0.4, 0.5) is 0 Å². The highest BCUT2D eigenvalue weighted by atomic mass is 16.5. The average molecular weight is 299 g/mol. The molecule has 0 bridgehead atoms. The van der Waals surface area contributed by atoms with Gasteiger partial charge in [-0.15, -0.1) is 0 Å². The minimum absolute atomic E-state index is 0.122. The zero-order valence-corrected chi connectivity index (χ0v) is 15.0. The molecular formula is C18H37NO2. The molecule has 0 aromatic rings. The van der Waals surface area contributed by atoms with Crippen LogP contribution in [0, 0.1) is 0 Å². The first-order valence-corrected chi connectivity index (χ1v) is 8.77. The van der Waals surface area contributed by atoms with Gasteiger partial charge in [0.1, 0.15) is 5.54 Å². The van der Waals surface area contributed by atoms with E-state index in [0.717, 1.165) is 6.42 Å². The summed E-state index contributed by atoms with van der Waals surface area (Å²) in [5.41, 5.74) is -0.529. The van der Waals surface area contributed by atoms with E-state index >= 15 is 0 Å². The molecule has 0 saturated carbocycles. The van der Waals surface area contributed by atoms with Crippen molar-refractivity contribution < 1.29 is 9.53 Å². The molecular weight excluding hydrogens is 262 g/mol. The summed E-state index contributed by atoms with van der Waals surface area (Å²) in [5, 5.41) is 0. The summed E-state index contributed by atoms with van der Waals surface area (Å²) in [6, 6.07) is 0. The first kappa shape index (κ1) is 20.4. The van der Waals surface area contributed by atoms with Gasteiger partial charge in [-0.25, -0.2) is 0 Å². The highest BCUT2D eigenvalue weighted by Gasteiger charge is 2.31. The molecule has 0 rings (SSSR count). The number of rotatable bonds is 13. The number of unbranched alkanes of at least 4 members (excludes halogenated alkanes) is 9. The molecule has 3 nitrogen and oxygen atoms in total. The van der Waals surface area contributed by atoms with E-state index in [1.54, 1.807) is 0 Å². The van der Waals surface area contributed by atoms with Crippen LogP contribution in [0.1, 0.15) is 85.0 Å². The Balaban J connectivity index is 3.39. The molecule has 3 heteroatoms. The normalized spacial score (nSPS) is 11.9. The zero-order chi connectivity index (χ0) is 16.1. The number of likely N-dealkylation sites (N-methyl/N-ethyl adjacent to an activating group) is 1. The van der Waals surface area contributed by atoms with Gasteiger partial charge in [0.15, 0.2) is 0 Å². The molecule has 0 fully saturated rings. The van der Waals surface area contributed by atoms with E-state index in [1.807, 2.05) is 32.8 Å². The van der Waals surface area contributed by atoms with E-state index in [-0.39, 0.29) is 5.97 Å². The third kappa shape index (κ3) is 9.89. The fourth-order valence-corrected chi connectivity index (χ4v) is 2.11. The van der Waals surface area contributed by atoms with Gasteiger partial charge in [0.25, 0.3) is 0 Å². The molecule has 0 aliphatic heterocycles. The van der Waals surface area contributed by atoms with Crippen molar-refractivity contribution in [3.8, 4) is 0 Å². The molecule has 0 N–H and O–H groups in total. The quantitative estimate of drug-likeness (QED) is 0.362. The summed E-state index contributed by atoms with van der Waals surface area (Å²) in [6.45, 7) is 6.61. The summed E-state index contributed by atoms with van der Waals surface area (Å²) in [7, 11) is 3.81.